The summed E-state index contributed by atoms with van der Waals surface area (Å²) in [6, 6.07) is 2.78. The van der Waals surface area contributed by atoms with E-state index in [1.165, 1.54) is 6.92 Å². The Hall–Kier alpha value is -2.51. The van der Waals surface area contributed by atoms with E-state index < -0.39 is 35.0 Å². The van der Waals surface area contributed by atoms with Gasteiger partial charge in [0.25, 0.3) is 5.91 Å². The van der Waals surface area contributed by atoms with Crippen molar-refractivity contribution < 1.29 is 28.3 Å². The lowest BCUT2D eigenvalue weighted by Crippen LogP contribution is -2.48. The van der Waals surface area contributed by atoms with Crippen LogP contribution in [-0.4, -0.2) is 34.3 Å². The topological polar surface area (TPSA) is 88.0 Å². The Morgan fingerprint density at radius 1 is 1.28 bits per heavy atom. The standard InChI is InChI=1S/C17H18F2N2O4/c1-17(16(24)20-13-3-2-9(6-13)15(22)23)8-14(21-25-17)10-4-11(18)7-12(19)5-10/h4-5,7,9,13H,2-3,6,8H2,1H3,(H,20,24)(H,22,23)/t9-,13+,17-/m1/s1. The molecule has 0 bridgehead atoms. The quantitative estimate of drug-likeness (QED) is 0.870. The number of carbonyl (C=O) groups excluding carboxylic acids is 1. The van der Waals surface area contributed by atoms with Crippen LogP contribution in [-0.2, 0) is 14.4 Å². The fourth-order valence-electron chi connectivity index (χ4n) is 3.21. The van der Waals surface area contributed by atoms with Gasteiger partial charge in [-0.1, -0.05) is 5.16 Å². The van der Waals surface area contributed by atoms with Gasteiger partial charge in [-0.2, -0.15) is 0 Å². The summed E-state index contributed by atoms with van der Waals surface area (Å²) in [6.07, 6.45) is 1.54. The van der Waals surface area contributed by atoms with E-state index in [1.54, 1.807) is 0 Å². The Morgan fingerprint density at radius 2 is 1.96 bits per heavy atom. The van der Waals surface area contributed by atoms with Crippen LogP contribution in [0.3, 0.4) is 0 Å². The molecule has 1 saturated carbocycles. The number of hydrogen-bond acceptors (Lipinski definition) is 4. The lowest BCUT2D eigenvalue weighted by Gasteiger charge is -2.23. The minimum Gasteiger partial charge on any atom is -0.481 e. The zero-order chi connectivity index (χ0) is 18.2. The summed E-state index contributed by atoms with van der Waals surface area (Å²) in [4.78, 5) is 28.7. The van der Waals surface area contributed by atoms with Gasteiger partial charge in [0, 0.05) is 24.1 Å². The first-order valence-corrected chi connectivity index (χ1v) is 8.02. The SMILES string of the molecule is C[C@]1(C(=O)N[C@H]2CC[C@@H](C(=O)O)C2)CC(c2cc(F)cc(F)c2)=NO1. The van der Waals surface area contributed by atoms with Gasteiger partial charge in [0.05, 0.1) is 11.6 Å². The highest BCUT2D eigenvalue weighted by molar-refractivity contribution is 6.05. The molecule has 3 rings (SSSR count). The van der Waals surface area contributed by atoms with Crippen LogP contribution in [0.5, 0.6) is 0 Å². The zero-order valence-electron chi connectivity index (χ0n) is 13.6. The molecule has 1 fully saturated rings. The van der Waals surface area contributed by atoms with E-state index in [-0.39, 0.29) is 23.7 Å². The molecule has 134 valence electrons. The van der Waals surface area contributed by atoms with Gasteiger partial charge in [0.15, 0.2) is 0 Å². The van der Waals surface area contributed by atoms with Crippen molar-refractivity contribution in [3.63, 3.8) is 0 Å². The summed E-state index contributed by atoms with van der Waals surface area (Å²) in [7, 11) is 0. The number of halogens is 2. The second-order valence-electron chi connectivity index (χ2n) is 6.71. The molecule has 0 unspecified atom stereocenters. The fraction of sp³-hybridized carbons (Fsp3) is 0.471. The Balaban J connectivity index is 1.64. The average molecular weight is 352 g/mol. The van der Waals surface area contributed by atoms with Crippen LogP contribution in [0.15, 0.2) is 23.4 Å². The van der Waals surface area contributed by atoms with Crippen LogP contribution in [0.1, 0.15) is 38.2 Å². The van der Waals surface area contributed by atoms with Gasteiger partial charge in [-0.25, -0.2) is 8.78 Å². The molecule has 2 aliphatic rings. The van der Waals surface area contributed by atoms with E-state index in [0.29, 0.717) is 19.3 Å². The minimum atomic E-state index is -1.29. The molecule has 3 atom stereocenters. The van der Waals surface area contributed by atoms with E-state index in [1.807, 2.05) is 0 Å². The van der Waals surface area contributed by atoms with Crippen molar-refractivity contribution in [2.24, 2.45) is 11.1 Å². The Bertz CT molecular complexity index is 732. The smallest absolute Gasteiger partial charge is 0.306 e. The van der Waals surface area contributed by atoms with Gasteiger partial charge < -0.3 is 15.3 Å². The molecule has 1 aromatic rings. The molecular weight excluding hydrogens is 334 g/mol. The molecule has 8 heteroatoms. The predicted molar refractivity (Wildman–Crippen MR) is 83.9 cm³/mol. The number of carbonyl (C=O) groups is 2. The molecule has 1 aliphatic carbocycles. The second-order valence-corrected chi connectivity index (χ2v) is 6.71. The summed E-state index contributed by atoms with van der Waals surface area (Å²) < 4.78 is 26.7. The third-order valence-corrected chi connectivity index (χ3v) is 4.66. The van der Waals surface area contributed by atoms with Gasteiger partial charge in [-0.05, 0) is 38.3 Å². The molecule has 1 amide bonds. The van der Waals surface area contributed by atoms with Crippen LogP contribution in [0.25, 0.3) is 0 Å². The molecule has 0 radical (unpaired) electrons. The molecular formula is C17H18F2N2O4. The van der Waals surface area contributed by atoms with E-state index in [4.69, 9.17) is 9.94 Å². The Morgan fingerprint density at radius 3 is 2.56 bits per heavy atom. The number of aliphatic carboxylic acids is 1. The summed E-state index contributed by atoms with van der Waals surface area (Å²) in [6.45, 7) is 1.54. The summed E-state index contributed by atoms with van der Waals surface area (Å²) in [5.41, 5.74) is -0.786. The predicted octanol–water partition coefficient (Wildman–Crippen LogP) is 2.22. The fourth-order valence-corrected chi connectivity index (χ4v) is 3.21. The van der Waals surface area contributed by atoms with Crippen LogP contribution in [0.2, 0.25) is 0 Å². The van der Waals surface area contributed by atoms with Gasteiger partial charge in [0.2, 0.25) is 5.60 Å². The monoisotopic (exact) mass is 352 g/mol. The van der Waals surface area contributed by atoms with Crippen LogP contribution >= 0.6 is 0 Å². The molecule has 1 aromatic carbocycles. The first-order chi connectivity index (χ1) is 11.8. The minimum absolute atomic E-state index is 0.0663. The number of rotatable bonds is 4. The number of nitrogens with zero attached hydrogens (tertiary/aromatic N) is 1. The van der Waals surface area contributed by atoms with Gasteiger partial charge >= 0.3 is 5.97 Å². The number of hydrogen-bond donors (Lipinski definition) is 2. The van der Waals surface area contributed by atoms with Crippen LogP contribution in [0, 0.1) is 17.6 Å². The molecule has 2 N–H and O–H groups in total. The van der Waals surface area contributed by atoms with E-state index >= 15 is 0 Å². The number of oxime groups is 1. The Labute approximate surface area is 142 Å². The first kappa shape index (κ1) is 17.3. The molecule has 0 saturated heterocycles. The van der Waals surface area contributed by atoms with Crippen molar-refractivity contribution >= 4 is 17.6 Å². The van der Waals surface area contributed by atoms with E-state index in [0.717, 1.165) is 18.2 Å². The van der Waals surface area contributed by atoms with Gasteiger partial charge in [-0.3, -0.25) is 9.59 Å². The van der Waals surface area contributed by atoms with Crippen molar-refractivity contribution in [1.29, 1.82) is 0 Å². The van der Waals surface area contributed by atoms with Gasteiger partial charge in [-0.15, -0.1) is 0 Å². The van der Waals surface area contributed by atoms with Crippen molar-refractivity contribution in [2.75, 3.05) is 0 Å². The maximum absolute atomic E-state index is 13.3. The number of carboxylic acid groups (broad SMARTS) is 1. The zero-order valence-corrected chi connectivity index (χ0v) is 13.6. The molecule has 1 aliphatic heterocycles. The third kappa shape index (κ3) is 3.62. The maximum Gasteiger partial charge on any atom is 0.306 e. The highest BCUT2D eigenvalue weighted by atomic mass is 19.1. The third-order valence-electron chi connectivity index (χ3n) is 4.66. The molecule has 1 heterocycles. The number of carboxylic acids is 1. The second kappa shape index (κ2) is 6.42. The van der Waals surface area contributed by atoms with Crippen molar-refractivity contribution in [2.45, 2.75) is 44.2 Å². The lowest BCUT2D eigenvalue weighted by molar-refractivity contribution is -0.143. The molecule has 0 aromatic heterocycles. The van der Waals surface area contributed by atoms with Crippen molar-refractivity contribution in [3.05, 3.63) is 35.4 Å². The Kier molecular flexibility index (Phi) is 4.45. The lowest BCUT2D eigenvalue weighted by atomic mass is 9.94. The number of benzene rings is 1. The highest BCUT2D eigenvalue weighted by Gasteiger charge is 2.44. The largest absolute Gasteiger partial charge is 0.481 e. The molecule has 6 nitrogen and oxygen atoms in total. The number of amides is 1. The van der Waals surface area contributed by atoms with Crippen LogP contribution < -0.4 is 5.32 Å². The van der Waals surface area contributed by atoms with E-state index in [9.17, 15) is 18.4 Å². The summed E-state index contributed by atoms with van der Waals surface area (Å²) in [5, 5.41) is 15.6. The molecule has 0 spiro atoms. The van der Waals surface area contributed by atoms with Crippen molar-refractivity contribution in [1.82, 2.24) is 5.32 Å². The molecule has 25 heavy (non-hydrogen) atoms. The number of nitrogens with one attached hydrogen (secondary N) is 1. The normalized spacial score (nSPS) is 28.4. The summed E-state index contributed by atoms with van der Waals surface area (Å²) in [5.74, 6) is -3.20. The van der Waals surface area contributed by atoms with Crippen molar-refractivity contribution in [3.8, 4) is 0 Å². The average Bonchev–Trinajstić information content (AvgIpc) is 3.14. The van der Waals surface area contributed by atoms with E-state index in [2.05, 4.69) is 10.5 Å². The maximum atomic E-state index is 13.3. The van der Waals surface area contributed by atoms with Crippen LogP contribution in [0.4, 0.5) is 8.78 Å². The first-order valence-electron chi connectivity index (χ1n) is 8.02. The van der Waals surface area contributed by atoms with Gasteiger partial charge in [0.1, 0.15) is 11.6 Å². The summed E-state index contributed by atoms with van der Waals surface area (Å²) >= 11 is 0. The highest BCUT2D eigenvalue weighted by Crippen LogP contribution is 2.30.